The standard InChI is InChI=1S/C17H14ClNO3/c1-19-14-5-3-2-4-13(14)16(17(20)21)15(19)10-22-12-8-6-11(18)7-9-12/h2-9H,10H2,1H3,(H,20,21). The van der Waals surface area contributed by atoms with Gasteiger partial charge >= 0.3 is 5.97 Å². The first-order chi connectivity index (χ1) is 10.6. The molecule has 0 aliphatic carbocycles. The van der Waals surface area contributed by atoms with Crippen LogP contribution in [-0.4, -0.2) is 15.6 Å². The highest BCUT2D eigenvalue weighted by molar-refractivity contribution is 6.30. The molecule has 0 saturated heterocycles. The zero-order valence-corrected chi connectivity index (χ0v) is 12.7. The van der Waals surface area contributed by atoms with E-state index in [0.717, 1.165) is 5.52 Å². The van der Waals surface area contributed by atoms with Crippen molar-refractivity contribution in [2.24, 2.45) is 7.05 Å². The molecule has 1 N–H and O–H groups in total. The molecule has 0 saturated carbocycles. The van der Waals surface area contributed by atoms with Gasteiger partial charge in [-0.3, -0.25) is 0 Å². The zero-order chi connectivity index (χ0) is 15.7. The largest absolute Gasteiger partial charge is 0.487 e. The molecule has 0 fully saturated rings. The monoisotopic (exact) mass is 315 g/mol. The van der Waals surface area contributed by atoms with Gasteiger partial charge in [0.05, 0.1) is 11.3 Å². The van der Waals surface area contributed by atoms with Gasteiger partial charge in [0.15, 0.2) is 0 Å². The first-order valence-corrected chi connectivity index (χ1v) is 7.13. The summed E-state index contributed by atoms with van der Waals surface area (Å²) in [7, 11) is 1.84. The molecule has 3 aromatic rings. The summed E-state index contributed by atoms with van der Waals surface area (Å²) in [6.45, 7) is 0.175. The molecule has 0 spiro atoms. The Morgan fingerprint density at radius 3 is 2.55 bits per heavy atom. The van der Waals surface area contributed by atoms with E-state index in [2.05, 4.69) is 0 Å². The highest BCUT2D eigenvalue weighted by Gasteiger charge is 2.20. The van der Waals surface area contributed by atoms with Gasteiger partial charge < -0.3 is 14.4 Å². The number of aromatic carboxylic acids is 1. The second-order valence-electron chi connectivity index (χ2n) is 4.95. The second kappa shape index (κ2) is 5.73. The molecule has 0 amide bonds. The Morgan fingerprint density at radius 2 is 1.86 bits per heavy atom. The summed E-state index contributed by atoms with van der Waals surface area (Å²) in [6.07, 6.45) is 0. The third-order valence-electron chi connectivity index (χ3n) is 3.63. The van der Waals surface area contributed by atoms with E-state index in [1.54, 1.807) is 24.3 Å². The number of fused-ring (bicyclic) bond motifs is 1. The lowest BCUT2D eigenvalue weighted by Crippen LogP contribution is -2.08. The Bertz CT molecular complexity index is 837. The van der Waals surface area contributed by atoms with Crippen LogP contribution in [0.25, 0.3) is 10.9 Å². The molecular formula is C17H14ClNO3. The van der Waals surface area contributed by atoms with Crippen LogP contribution < -0.4 is 4.74 Å². The van der Waals surface area contributed by atoms with Crippen molar-refractivity contribution < 1.29 is 14.6 Å². The van der Waals surface area contributed by atoms with Crippen LogP contribution in [-0.2, 0) is 13.7 Å². The van der Waals surface area contributed by atoms with Gasteiger partial charge in [0.1, 0.15) is 12.4 Å². The maximum Gasteiger partial charge on any atom is 0.338 e. The van der Waals surface area contributed by atoms with E-state index in [0.29, 0.717) is 21.9 Å². The average molecular weight is 316 g/mol. The lowest BCUT2D eigenvalue weighted by molar-refractivity contribution is 0.0695. The number of carbonyl (C=O) groups is 1. The first-order valence-electron chi connectivity index (χ1n) is 6.76. The van der Waals surface area contributed by atoms with Crippen molar-refractivity contribution in [3.63, 3.8) is 0 Å². The average Bonchev–Trinajstić information content (AvgIpc) is 2.80. The number of para-hydroxylation sites is 1. The molecule has 0 unspecified atom stereocenters. The normalized spacial score (nSPS) is 10.8. The number of halogens is 1. The summed E-state index contributed by atoms with van der Waals surface area (Å²) in [5.74, 6) is -0.308. The lowest BCUT2D eigenvalue weighted by Gasteiger charge is -2.09. The number of hydrogen-bond acceptors (Lipinski definition) is 2. The summed E-state index contributed by atoms with van der Waals surface area (Å²) in [5, 5.41) is 10.9. The Kier molecular flexibility index (Phi) is 3.77. The fraction of sp³-hybridized carbons (Fsp3) is 0.118. The van der Waals surface area contributed by atoms with Crippen LogP contribution >= 0.6 is 11.6 Å². The molecule has 0 radical (unpaired) electrons. The highest BCUT2D eigenvalue weighted by atomic mass is 35.5. The Morgan fingerprint density at radius 1 is 1.18 bits per heavy atom. The van der Waals surface area contributed by atoms with Gasteiger partial charge in [0.25, 0.3) is 0 Å². The molecule has 0 aliphatic rings. The summed E-state index contributed by atoms with van der Waals surface area (Å²) in [5.41, 5.74) is 1.78. The molecule has 1 heterocycles. The lowest BCUT2D eigenvalue weighted by atomic mass is 10.1. The number of ether oxygens (including phenoxy) is 1. The third kappa shape index (κ3) is 2.53. The van der Waals surface area contributed by atoms with Crippen molar-refractivity contribution >= 4 is 28.5 Å². The number of rotatable bonds is 4. The van der Waals surface area contributed by atoms with E-state index in [1.165, 1.54) is 0 Å². The third-order valence-corrected chi connectivity index (χ3v) is 3.88. The van der Waals surface area contributed by atoms with Crippen molar-refractivity contribution in [1.82, 2.24) is 4.57 Å². The van der Waals surface area contributed by atoms with E-state index in [9.17, 15) is 9.90 Å². The summed E-state index contributed by atoms with van der Waals surface area (Å²) >= 11 is 5.84. The summed E-state index contributed by atoms with van der Waals surface area (Å²) < 4.78 is 7.56. The van der Waals surface area contributed by atoms with E-state index < -0.39 is 5.97 Å². The Labute approximate surface area is 132 Å². The fourth-order valence-electron chi connectivity index (χ4n) is 2.54. The quantitative estimate of drug-likeness (QED) is 0.788. The van der Waals surface area contributed by atoms with Crippen molar-refractivity contribution in [2.75, 3.05) is 0 Å². The van der Waals surface area contributed by atoms with Crippen LogP contribution in [0.2, 0.25) is 5.02 Å². The van der Waals surface area contributed by atoms with E-state index in [-0.39, 0.29) is 12.2 Å². The number of nitrogens with zero attached hydrogens (tertiary/aromatic N) is 1. The Hall–Kier alpha value is -2.46. The van der Waals surface area contributed by atoms with E-state index >= 15 is 0 Å². The van der Waals surface area contributed by atoms with Crippen LogP contribution in [0, 0.1) is 0 Å². The predicted molar refractivity (Wildman–Crippen MR) is 85.7 cm³/mol. The molecule has 112 valence electrons. The van der Waals surface area contributed by atoms with Crippen molar-refractivity contribution in [2.45, 2.75) is 6.61 Å². The van der Waals surface area contributed by atoms with Gasteiger partial charge in [0.2, 0.25) is 0 Å². The van der Waals surface area contributed by atoms with Gasteiger partial charge in [-0.1, -0.05) is 29.8 Å². The summed E-state index contributed by atoms with van der Waals surface area (Å²) in [6, 6.07) is 14.4. The van der Waals surface area contributed by atoms with E-state index in [1.807, 2.05) is 35.9 Å². The molecule has 3 rings (SSSR count). The van der Waals surface area contributed by atoms with Gasteiger partial charge in [-0.15, -0.1) is 0 Å². The second-order valence-corrected chi connectivity index (χ2v) is 5.38. The van der Waals surface area contributed by atoms with Crippen LogP contribution in [0.1, 0.15) is 16.1 Å². The smallest absolute Gasteiger partial charge is 0.338 e. The molecule has 0 atom stereocenters. The molecule has 4 nitrogen and oxygen atoms in total. The minimum atomic E-state index is -0.952. The minimum absolute atomic E-state index is 0.175. The maximum atomic E-state index is 11.6. The van der Waals surface area contributed by atoms with Crippen molar-refractivity contribution in [3.05, 3.63) is 64.8 Å². The number of hydrogen-bond donors (Lipinski definition) is 1. The number of aromatic nitrogens is 1. The van der Waals surface area contributed by atoms with Gasteiger partial charge in [-0.05, 0) is 30.3 Å². The van der Waals surface area contributed by atoms with Crippen LogP contribution in [0.5, 0.6) is 5.75 Å². The highest BCUT2D eigenvalue weighted by Crippen LogP contribution is 2.26. The van der Waals surface area contributed by atoms with Crippen LogP contribution in [0.15, 0.2) is 48.5 Å². The fourth-order valence-corrected chi connectivity index (χ4v) is 2.66. The Balaban J connectivity index is 1.99. The number of benzene rings is 2. The number of aryl methyl sites for hydroxylation is 1. The van der Waals surface area contributed by atoms with Crippen LogP contribution in [0.4, 0.5) is 0 Å². The molecule has 22 heavy (non-hydrogen) atoms. The minimum Gasteiger partial charge on any atom is -0.487 e. The zero-order valence-electron chi connectivity index (χ0n) is 11.9. The predicted octanol–water partition coefficient (Wildman–Crippen LogP) is 4.11. The topological polar surface area (TPSA) is 51.5 Å². The van der Waals surface area contributed by atoms with Gasteiger partial charge in [-0.2, -0.15) is 0 Å². The first kappa shape index (κ1) is 14.5. The SMILES string of the molecule is Cn1c(COc2ccc(Cl)cc2)c(C(=O)O)c2ccccc21. The number of carboxylic acids is 1. The molecular weight excluding hydrogens is 302 g/mol. The molecule has 5 heteroatoms. The summed E-state index contributed by atoms with van der Waals surface area (Å²) in [4.78, 5) is 11.6. The molecule has 0 aliphatic heterocycles. The van der Waals surface area contributed by atoms with E-state index in [4.69, 9.17) is 16.3 Å². The molecule has 0 bridgehead atoms. The van der Waals surface area contributed by atoms with Gasteiger partial charge in [-0.25, -0.2) is 4.79 Å². The maximum absolute atomic E-state index is 11.6. The van der Waals surface area contributed by atoms with Gasteiger partial charge in [0, 0.05) is 23.0 Å². The van der Waals surface area contributed by atoms with Crippen molar-refractivity contribution in [1.29, 1.82) is 0 Å². The molecule has 1 aromatic heterocycles. The van der Waals surface area contributed by atoms with Crippen molar-refractivity contribution in [3.8, 4) is 5.75 Å². The molecule has 2 aromatic carbocycles. The number of carboxylic acid groups (broad SMARTS) is 1. The van der Waals surface area contributed by atoms with Crippen LogP contribution in [0.3, 0.4) is 0 Å².